The third-order valence-corrected chi connectivity index (χ3v) is 3.50. The van der Waals surface area contributed by atoms with Gasteiger partial charge in [0.25, 0.3) is 0 Å². The van der Waals surface area contributed by atoms with E-state index < -0.39 is 0 Å². The van der Waals surface area contributed by atoms with Crippen LogP contribution in [0.1, 0.15) is 39.5 Å². The zero-order valence-electron chi connectivity index (χ0n) is 12.0. The number of hydrogen-bond acceptors (Lipinski definition) is 3. The number of ether oxygens (including phenoxy) is 2. The zero-order chi connectivity index (χ0) is 13.5. The Labute approximate surface area is 116 Å². The zero-order valence-corrected chi connectivity index (χ0v) is 12.0. The molecule has 1 N–H and O–H groups in total. The van der Waals surface area contributed by atoms with Crippen LogP contribution in [0.25, 0.3) is 0 Å². The fourth-order valence-corrected chi connectivity index (χ4v) is 2.41. The summed E-state index contributed by atoms with van der Waals surface area (Å²) in [6.07, 6.45) is 4.85. The van der Waals surface area contributed by atoms with Crippen LogP contribution in [0.15, 0.2) is 24.3 Å². The molecule has 0 aliphatic carbocycles. The summed E-state index contributed by atoms with van der Waals surface area (Å²) < 4.78 is 11.9. The topological polar surface area (TPSA) is 30.5 Å². The molecule has 106 valence electrons. The van der Waals surface area contributed by atoms with Crippen molar-refractivity contribution in [2.45, 2.75) is 51.7 Å². The average Bonchev–Trinajstić information content (AvgIpc) is 2.47. The van der Waals surface area contributed by atoms with E-state index >= 15 is 0 Å². The van der Waals surface area contributed by atoms with Crippen molar-refractivity contribution in [3.05, 3.63) is 24.3 Å². The molecule has 1 aromatic carbocycles. The highest BCUT2D eigenvalue weighted by molar-refractivity contribution is 5.40. The van der Waals surface area contributed by atoms with E-state index in [2.05, 4.69) is 19.2 Å². The molecule has 0 amide bonds. The van der Waals surface area contributed by atoms with E-state index in [1.807, 2.05) is 24.3 Å². The smallest absolute Gasteiger partial charge is 0.161 e. The molecule has 0 saturated heterocycles. The van der Waals surface area contributed by atoms with Gasteiger partial charge in [-0.1, -0.05) is 38.8 Å². The number of hydrogen-bond donors (Lipinski definition) is 1. The van der Waals surface area contributed by atoms with Crippen LogP contribution in [0.5, 0.6) is 11.5 Å². The Morgan fingerprint density at radius 2 is 2.00 bits per heavy atom. The fraction of sp³-hybridized carbons (Fsp3) is 0.625. The number of para-hydroxylation sites is 2. The van der Waals surface area contributed by atoms with Crippen LogP contribution >= 0.6 is 0 Å². The third kappa shape index (κ3) is 3.87. The molecule has 0 fully saturated rings. The van der Waals surface area contributed by atoms with Gasteiger partial charge in [0, 0.05) is 6.04 Å². The highest BCUT2D eigenvalue weighted by Gasteiger charge is 2.27. The van der Waals surface area contributed by atoms with Gasteiger partial charge in [0.15, 0.2) is 11.5 Å². The lowest BCUT2D eigenvalue weighted by molar-refractivity contribution is 0.0589. The molecule has 0 aromatic heterocycles. The summed E-state index contributed by atoms with van der Waals surface area (Å²) >= 11 is 0. The second-order valence-corrected chi connectivity index (χ2v) is 5.12. The first kappa shape index (κ1) is 14.2. The number of nitrogens with one attached hydrogen (secondary N) is 1. The van der Waals surface area contributed by atoms with Gasteiger partial charge in [-0.2, -0.15) is 0 Å². The molecule has 19 heavy (non-hydrogen) atoms. The van der Waals surface area contributed by atoms with Gasteiger partial charge in [0.2, 0.25) is 0 Å². The molecule has 3 nitrogen and oxygen atoms in total. The van der Waals surface area contributed by atoms with Gasteiger partial charge >= 0.3 is 0 Å². The molecule has 0 saturated carbocycles. The van der Waals surface area contributed by atoms with E-state index in [4.69, 9.17) is 9.47 Å². The van der Waals surface area contributed by atoms with Crippen molar-refractivity contribution in [1.29, 1.82) is 0 Å². The molecule has 2 unspecified atom stereocenters. The van der Waals surface area contributed by atoms with Gasteiger partial charge < -0.3 is 14.8 Å². The van der Waals surface area contributed by atoms with Crippen molar-refractivity contribution in [3.63, 3.8) is 0 Å². The Bertz CT molecular complexity index is 373. The molecule has 0 radical (unpaired) electrons. The van der Waals surface area contributed by atoms with Crippen LogP contribution in [0.2, 0.25) is 0 Å². The molecule has 1 aromatic rings. The van der Waals surface area contributed by atoms with Gasteiger partial charge in [-0.15, -0.1) is 0 Å². The lowest BCUT2D eigenvalue weighted by Gasteiger charge is -2.32. The van der Waals surface area contributed by atoms with Crippen molar-refractivity contribution in [3.8, 4) is 11.5 Å². The summed E-state index contributed by atoms with van der Waals surface area (Å²) in [5, 5.41) is 3.60. The molecule has 1 aliphatic heterocycles. The molecule has 2 rings (SSSR count). The first-order valence-corrected chi connectivity index (χ1v) is 7.47. The summed E-state index contributed by atoms with van der Waals surface area (Å²) in [7, 11) is 0. The first-order valence-electron chi connectivity index (χ1n) is 7.47. The highest BCUT2D eigenvalue weighted by atomic mass is 16.6. The van der Waals surface area contributed by atoms with Crippen LogP contribution in [-0.2, 0) is 0 Å². The Morgan fingerprint density at radius 3 is 2.74 bits per heavy atom. The summed E-state index contributed by atoms with van der Waals surface area (Å²) in [6, 6.07) is 8.30. The molecule has 2 atom stereocenters. The average molecular weight is 263 g/mol. The van der Waals surface area contributed by atoms with E-state index in [0.717, 1.165) is 30.9 Å². The Balaban J connectivity index is 1.98. The summed E-state index contributed by atoms with van der Waals surface area (Å²) in [4.78, 5) is 0. The van der Waals surface area contributed by atoms with Gasteiger partial charge in [0.1, 0.15) is 12.7 Å². The Morgan fingerprint density at radius 1 is 1.21 bits per heavy atom. The minimum atomic E-state index is 0.119. The number of rotatable bonds is 7. The Hall–Kier alpha value is -1.22. The maximum atomic E-state index is 6.10. The molecule has 0 bridgehead atoms. The molecule has 1 aliphatic rings. The number of benzene rings is 1. The predicted octanol–water partition coefficient (Wildman–Crippen LogP) is 3.38. The second kappa shape index (κ2) is 7.39. The van der Waals surface area contributed by atoms with Gasteiger partial charge in [-0.3, -0.25) is 0 Å². The van der Waals surface area contributed by atoms with Crippen molar-refractivity contribution in [1.82, 2.24) is 5.32 Å². The van der Waals surface area contributed by atoms with E-state index in [9.17, 15) is 0 Å². The number of fused-ring (bicyclic) bond motifs is 1. The Kier molecular flexibility index (Phi) is 5.52. The lowest BCUT2D eigenvalue weighted by Crippen LogP contribution is -2.48. The summed E-state index contributed by atoms with van der Waals surface area (Å²) in [6.45, 7) is 6.10. The minimum Gasteiger partial charge on any atom is -0.486 e. The maximum absolute atomic E-state index is 6.10. The lowest BCUT2D eigenvalue weighted by atomic mass is 10.0. The standard InChI is InChI=1S/C16H25NO2/c1-3-5-8-13(17-11-4-2)16-12-18-14-9-6-7-10-15(14)19-16/h6-7,9-10,13,16-17H,3-5,8,11-12H2,1-2H3. The van der Waals surface area contributed by atoms with E-state index in [0.29, 0.717) is 12.6 Å². The third-order valence-electron chi connectivity index (χ3n) is 3.50. The van der Waals surface area contributed by atoms with E-state index in [1.54, 1.807) is 0 Å². The summed E-state index contributed by atoms with van der Waals surface area (Å²) in [5.74, 6) is 1.74. The van der Waals surface area contributed by atoms with E-state index in [-0.39, 0.29) is 6.10 Å². The molecular formula is C16H25NO2. The van der Waals surface area contributed by atoms with Crippen molar-refractivity contribution < 1.29 is 9.47 Å². The van der Waals surface area contributed by atoms with Gasteiger partial charge in [0.05, 0.1) is 0 Å². The van der Waals surface area contributed by atoms with Crippen LogP contribution in [-0.4, -0.2) is 25.3 Å². The second-order valence-electron chi connectivity index (χ2n) is 5.12. The predicted molar refractivity (Wildman–Crippen MR) is 78.0 cm³/mol. The van der Waals surface area contributed by atoms with Gasteiger partial charge in [-0.05, 0) is 31.5 Å². The fourth-order valence-electron chi connectivity index (χ4n) is 2.41. The van der Waals surface area contributed by atoms with Crippen LogP contribution in [0.3, 0.4) is 0 Å². The van der Waals surface area contributed by atoms with Crippen molar-refractivity contribution in [2.24, 2.45) is 0 Å². The number of unbranched alkanes of at least 4 members (excludes halogenated alkanes) is 1. The summed E-state index contributed by atoms with van der Waals surface area (Å²) in [5.41, 5.74) is 0. The first-order chi connectivity index (χ1) is 9.35. The van der Waals surface area contributed by atoms with Crippen LogP contribution in [0, 0.1) is 0 Å². The highest BCUT2D eigenvalue weighted by Crippen LogP contribution is 2.32. The van der Waals surface area contributed by atoms with E-state index in [1.165, 1.54) is 12.8 Å². The monoisotopic (exact) mass is 263 g/mol. The maximum Gasteiger partial charge on any atom is 0.161 e. The quantitative estimate of drug-likeness (QED) is 0.818. The molecular weight excluding hydrogens is 238 g/mol. The van der Waals surface area contributed by atoms with Crippen molar-refractivity contribution >= 4 is 0 Å². The SMILES string of the molecule is CCCCC(NCCC)C1COc2ccccc2O1. The van der Waals surface area contributed by atoms with Gasteiger partial charge in [-0.25, -0.2) is 0 Å². The van der Waals surface area contributed by atoms with Crippen LogP contribution in [0.4, 0.5) is 0 Å². The van der Waals surface area contributed by atoms with Crippen molar-refractivity contribution in [2.75, 3.05) is 13.2 Å². The molecule has 0 spiro atoms. The van der Waals surface area contributed by atoms with Crippen LogP contribution < -0.4 is 14.8 Å². The minimum absolute atomic E-state index is 0.119. The normalized spacial score (nSPS) is 19.2. The molecule has 3 heteroatoms. The molecule has 1 heterocycles. The largest absolute Gasteiger partial charge is 0.486 e.